The van der Waals surface area contributed by atoms with Crippen LogP contribution >= 0.6 is 11.3 Å². The number of nitrogens with one attached hydrogen (secondary N) is 2. The molecule has 3 aromatic heterocycles. The molecule has 3 N–H and O–H groups in total. The summed E-state index contributed by atoms with van der Waals surface area (Å²) in [5, 5.41) is 17.4. The van der Waals surface area contributed by atoms with Crippen LogP contribution in [0.4, 0.5) is 5.82 Å². The van der Waals surface area contributed by atoms with Crippen LogP contribution < -0.4 is 10.4 Å². The number of aryl methyl sites for hydroxylation is 1. The van der Waals surface area contributed by atoms with Crippen molar-refractivity contribution in [2.45, 2.75) is 32.2 Å². The number of amides is 1. The molecule has 2 saturated heterocycles. The Balaban J connectivity index is 1.32. The fourth-order valence-corrected chi connectivity index (χ4v) is 7.72. The molecule has 2 fully saturated rings. The van der Waals surface area contributed by atoms with Crippen molar-refractivity contribution >= 4 is 54.2 Å². The maximum absolute atomic E-state index is 11.9. The second-order valence-corrected chi connectivity index (χ2v) is 14.1. The molecule has 0 aliphatic carbocycles. The van der Waals surface area contributed by atoms with Crippen LogP contribution in [-0.4, -0.2) is 108 Å². The van der Waals surface area contributed by atoms with Gasteiger partial charge in [0.15, 0.2) is 11.6 Å². The molecule has 230 valence electrons. The predicted octanol–water partition coefficient (Wildman–Crippen LogP) is 2.37. The molecule has 0 radical (unpaired) electrons. The molecule has 13 nitrogen and oxygen atoms in total. The zero-order valence-corrected chi connectivity index (χ0v) is 25.7. The summed E-state index contributed by atoms with van der Waals surface area (Å²) in [6.45, 7) is 5.86. The minimum Gasteiger partial charge on any atom is -0.378 e. The van der Waals surface area contributed by atoms with Crippen LogP contribution in [0.1, 0.15) is 29.8 Å². The number of ether oxygens (including phenoxy) is 1. The van der Waals surface area contributed by atoms with Gasteiger partial charge < -0.3 is 9.64 Å². The highest BCUT2D eigenvalue weighted by atomic mass is 32.2. The molecule has 0 spiro atoms. The largest absolute Gasteiger partial charge is 0.378 e. The first-order chi connectivity index (χ1) is 20.8. The van der Waals surface area contributed by atoms with E-state index in [1.54, 1.807) is 21.1 Å². The zero-order chi connectivity index (χ0) is 30.0. The Morgan fingerprint density at radius 3 is 2.63 bits per heavy atom. The summed E-state index contributed by atoms with van der Waals surface area (Å²) in [5.41, 5.74) is 5.26. The summed E-state index contributed by atoms with van der Waals surface area (Å²) in [6, 6.07) is 8.09. The average Bonchev–Trinajstić information content (AvgIpc) is 3.62. The van der Waals surface area contributed by atoms with Crippen molar-refractivity contribution in [2.75, 3.05) is 63.6 Å². The third-order valence-electron chi connectivity index (χ3n) is 8.00. The number of benzene rings is 1. The number of carbonyl (C=O) groups is 1. The van der Waals surface area contributed by atoms with Crippen molar-refractivity contribution in [1.82, 2.24) is 34.9 Å². The van der Waals surface area contributed by atoms with Crippen LogP contribution in [0, 0.1) is 0 Å². The monoisotopic (exact) mass is 628 g/mol. The number of carbonyl (C=O) groups excluding carboxylic acids is 1. The summed E-state index contributed by atoms with van der Waals surface area (Å²) < 4.78 is 32.1. The number of rotatable bonds is 10. The molecule has 5 heterocycles. The van der Waals surface area contributed by atoms with Gasteiger partial charge in [0.1, 0.15) is 0 Å². The lowest BCUT2D eigenvalue weighted by molar-refractivity contribution is -0.129. The van der Waals surface area contributed by atoms with Crippen molar-refractivity contribution in [2.24, 2.45) is 0 Å². The van der Waals surface area contributed by atoms with Gasteiger partial charge in [-0.15, -0.1) is 11.3 Å². The number of aromatic amines is 1. The molecular weight excluding hydrogens is 592 g/mol. The maximum Gasteiger partial charge on any atom is 0.243 e. The molecule has 0 atom stereocenters. The number of hydrogen-bond donors (Lipinski definition) is 3. The molecule has 0 bridgehead atoms. The summed E-state index contributed by atoms with van der Waals surface area (Å²) in [7, 11) is -3.17. The van der Waals surface area contributed by atoms with Crippen molar-refractivity contribution < 1.29 is 23.2 Å². The topological polar surface area (TPSA) is 157 Å². The number of morpholine rings is 1. The number of hydrogen-bond acceptors (Lipinski definition) is 11. The number of piperazine rings is 1. The zero-order valence-electron chi connectivity index (χ0n) is 24.1. The Labute approximate surface area is 253 Å². The smallest absolute Gasteiger partial charge is 0.243 e. The van der Waals surface area contributed by atoms with E-state index >= 15 is 0 Å². The second kappa shape index (κ2) is 12.8. The maximum atomic E-state index is 11.9. The van der Waals surface area contributed by atoms with Crippen LogP contribution in [0.25, 0.3) is 32.5 Å². The molecule has 4 aromatic rings. The minimum atomic E-state index is -3.17. The van der Waals surface area contributed by atoms with E-state index in [4.69, 9.17) is 19.9 Å². The number of aromatic nitrogens is 4. The van der Waals surface area contributed by atoms with E-state index in [2.05, 4.69) is 26.1 Å². The van der Waals surface area contributed by atoms with Crippen LogP contribution in [0.5, 0.6) is 0 Å². The second-order valence-electron chi connectivity index (χ2n) is 11.0. The number of H-pyrrole nitrogens is 1. The lowest BCUT2D eigenvalue weighted by Gasteiger charge is -2.32. The molecule has 6 rings (SSSR count). The Bertz CT molecular complexity index is 1710. The van der Waals surface area contributed by atoms with Crippen molar-refractivity contribution in [1.29, 1.82) is 0 Å². The summed E-state index contributed by atoms with van der Waals surface area (Å²) >= 11 is 1.70. The molecule has 0 saturated carbocycles. The fourth-order valence-electron chi connectivity index (χ4n) is 5.74. The van der Waals surface area contributed by atoms with Gasteiger partial charge in [0.2, 0.25) is 15.9 Å². The van der Waals surface area contributed by atoms with Gasteiger partial charge in [-0.25, -0.2) is 23.9 Å². The van der Waals surface area contributed by atoms with Crippen molar-refractivity contribution in [3.63, 3.8) is 0 Å². The highest BCUT2D eigenvalue weighted by molar-refractivity contribution is 7.88. The number of sulfonamides is 1. The first-order valence-corrected chi connectivity index (χ1v) is 17.2. The van der Waals surface area contributed by atoms with Gasteiger partial charge in [-0.3, -0.25) is 20.0 Å². The molecule has 2 aliphatic heterocycles. The molecule has 1 aromatic carbocycles. The summed E-state index contributed by atoms with van der Waals surface area (Å²) in [6.07, 6.45) is 3.61. The normalized spacial score (nSPS) is 17.2. The molecule has 43 heavy (non-hydrogen) atoms. The van der Waals surface area contributed by atoms with E-state index < -0.39 is 15.9 Å². The van der Waals surface area contributed by atoms with Gasteiger partial charge in [-0.05, 0) is 31.4 Å². The standard InChI is InChI=1S/C28H36N8O5S2/c1-43(39,40)36-11-9-34(10-12-36)18-19-17-23-26(42-19)28(35-13-15-41-16-14-35)30-27(29-23)20-5-4-7-22-25(20)21(31-32-22)6-2-3-8-24(37)33-38/h4-5,7,17,38H,2-3,6,8-16,18H2,1H3,(H,31,32)(H,33,37). The Hall–Kier alpha value is -3.21. The van der Waals surface area contributed by atoms with E-state index in [0.29, 0.717) is 58.1 Å². The van der Waals surface area contributed by atoms with Crippen LogP contribution in [0.15, 0.2) is 24.3 Å². The Morgan fingerprint density at radius 1 is 1.09 bits per heavy atom. The summed E-state index contributed by atoms with van der Waals surface area (Å²) in [5.74, 6) is 1.14. The highest BCUT2D eigenvalue weighted by Crippen LogP contribution is 2.37. The van der Waals surface area contributed by atoms with E-state index in [1.807, 2.05) is 18.2 Å². The molecular formula is C28H36N8O5S2. The van der Waals surface area contributed by atoms with Crippen LogP contribution in [0.2, 0.25) is 0 Å². The average molecular weight is 629 g/mol. The fraction of sp³-hybridized carbons (Fsp3) is 0.500. The van der Waals surface area contributed by atoms with E-state index in [1.165, 1.54) is 6.26 Å². The van der Waals surface area contributed by atoms with Crippen LogP contribution in [0.3, 0.4) is 0 Å². The first kappa shape index (κ1) is 29.8. The molecule has 0 unspecified atom stereocenters. The Morgan fingerprint density at radius 2 is 1.88 bits per heavy atom. The number of thiophene rings is 1. The number of unbranched alkanes of at least 4 members (excludes halogenated alkanes) is 1. The first-order valence-electron chi connectivity index (χ1n) is 14.5. The van der Waals surface area contributed by atoms with Gasteiger partial charge in [-0.1, -0.05) is 12.1 Å². The molecule has 15 heteroatoms. The SMILES string of the molecule is CS(=O)(=O)N1CCN(Cc2cc3nc(-c4cccc5n[nH]c(CCCCC(=O)NO)c45)nc(N4CCOCC4)c3s2)CC1. The lowest BCUT2D eigenvalue weighted by atomic mass is 10.0. The van der Waals surface area contributed by atoms with Crippen LogP contribution in [-0.2, 0) is 32.5 Å². The molecule has 1 amide bonds. The third kappa shape index (κ3) is 6.66. The quantitative estimate of drug-likeness (QED) is 0.135. The van der Waals surface area contributed by atoms with Gasteiger partial charge in [0.25, 0.3) is 0 Å². The number of nitrogens with zero attached hydrogens (tertiary/aromatic N) is 6. The van der Waals surface area contributed by atoms with E-state index in [0.717, 1.165) is 69.1 Å². The number of hydroxylamine groups is 1. The Kier molecular flexibility index (Phi) is 8.88. The number of fused-ring (bicyclic) bond motifs is 2. The third-order valence-corrected chi connectivity index (χ3v) is 10.4. The van der Waals surface area contributed by atoms with Crippen molar-refractivity contribution in [3.8, 4) is 11.4 Å². The minimum absolute atomic E-state index is 0.256. The summed E-state index contributed by atoms with van der Waals surface area (Å²) in [4.78, 5) is 27.4. The van der Waals surface area contributed by atoms with Gasteiger partial charge in [0, 0.05) is 73.8 Å². The van der Waals surface area contributed by atoms with Gasteiger partial charge >= 0.3 is 0 Å². The highest BCUT2D eigenvalue weighted by Gasteiger charge is 2.25. The van der Waals surface area contributed by atoms with E-state index in [-0.39, 0.29) is 6.42 Å². The predicted molar refractivity (Wildman–Crippen MR) is 165 cm³/mol. The van der Waals surface area contributed by atoms with Gasteiger partial charge in [-0.2, -0.15) is 9.40 Å². The number of anilines is 1. The lowest BCUT2D eigenvalue weighted by Crippen LogP contribution is -2.47. The van der Waals surface area contributed by atoms with Crippen molar-refractivity contribution in [3.05, 3.63) is 34.8 Å². The molecule has 2 aliphatic rings. The van der Waals surface area contributed by atoms with E-state index in [9.17, 15) is 13.2 Å². The van der Waals surface area contributed by atoms with Gasteiger partial charge in [0.05, 0.1) is 35.2 Å².